The third-order valence-electron chi connectivity index (χ3n) is 4.90. The van der Waals surface area contributed by atoms with Crippen LogP contribution in [-0.4, -0.2) is 22.8 Å². The van der Waals surface area contributed by atoms with Crippen molar-refractivity contribution >= 4 is 23.2 Å². The van der Waals surface area contributed by atoms with E-state index in [9.17, 15) is 9.59 Å². The predicted octanol–water partition coefficient (Wildman–Crippen LogP) is 3.80. The van der Waals surface area contributed by atoms with Gasteiger partial charge in [-0.25, -0.2) is 4.98 Å². The van der Waals surface area contributed by atoms with Gasteiger partial charge in [0.05, 0.1) is 11.6 Å². The normalized spacial score (nSPS) is 14.8. The minimum atomic E-state index is -0.417. The molecule has 2 heterocycles. The summed E-state index contributed by atoms with van der Waals surface area (Å²) in [5, 5.41) is 11.6. The van der Waals surface area contributed by atoms with E-state index in [1.54, 1.807) is 47.4 Å². The number of pyridine rings is 1. The first-order chi connectivity index (χ1) is 14.1. The molecule has 0 aliphatic carbocycles. The van der Waals surface area contributed by atoms with Crippen molar-refractivity contribution in [2.24, 2.45) is 0 Å². The largest absolute Gasteiger partial charge is 0.321 e. The smallest absolute Gasteiger partial charge is 0.277 e. The van der Waals surface area contributed by atoms with Crippen LogP contribution in [0.15, 0.2) is 66.7 Å². The van der Waals surface area contributed by atoms with Crippen LogP contribution >= 0.6 is 0 Å². The zero-order valence-corrected chi connectivity index (χ0v) is 15.8. The molecule has 6 nitrogen and oxygen atoms in total. The minimum Gasteiger partial charge on any atom is -0.321 e. The Balaban J connectivity index is 1.56. The topological polar surface area (TPSA) is 86.1 Å². The van der Waals surface area contributed by atoms with Crippen LogP contribution in [0.1, 0.15) is 39.0 Å². The van der Waals surface area contributed by atoms with Gasteiger partial charge in [-0.05, 0) is 61.4 Å². The summed E-state index contributed by atoms with van der Waals surface area (Å²) in [6.45, 7) is 2.00. The number of aromatic nitrogens is 1. The summed E-state index contributed by atoms with van der Waals surface area (Å²) < 4.78 is 0. The van der Waals surface area contributed by atoms with E-state index >= 15 is 0 Å². The molecule has 0 saturated heterocycles. The van der Waals surface area contributed by atoms with Gasteiger partial charge in [-0.2, -0.15) is 5.26 Å². The number of nitrogens with zero attached hydrogens (tertiary/aromatic N) is 3. The summed E-state index contributed by atoms with van der Waals surface area (Å²) in [5.41, 5.74) is 3.45. The van der Waals surface area contributed by atoms with Gasteiger partial charge in [0.15, 0.2) is 0 Å². The van der Waals surface area contributed by atoms with Gasteiger partial charge in [-0.1, -0.05) is 24.3 Å². The fourth-order valence-corrected chi connectivity index (χ4v) is 3.50. The third-order valence-corrected chi connectivity index (χ3v) is 4.90. The van der Waals surface area contributed by atoms with Crippen molar-refractivity contribution in [3.8, 4) is 6.07 Å². The highest BCUT2D eigenvalue weighted by atomic mass is 16.2. The fourth-order valence-electron chi connectivity index (χ4n) is 3.50. The lowest BCUT2D eigenvalue weighted by Gasteiger charge is -2.22. The van der Waals surface area contributed by atoms with E-state index < -0.39 is 5.91 Å². The number of carbonyl (C=O) groups is 2. The molecule has 1 aliphatic rings. The number of hydrogen-bond donors (Lipinski definition) is 1. The molecule has 0 bridgehead atoms. The number of carbonyl (C=O) groups excluding carboxylic acids is 2. The van der Waals surface area contributed by atoms with E-state index in [1.807, 2.05) is 37.3 Å². The Kier molecular flexibility index (Phi) is 4.80. The summed E-state index contributed by atoms with van der Waals surface area (Å²) in [4.78, 5) is 31.7. The average Bonchev–Trinajstić information content (AvgIpc) is 3.09. The molecule has 29 heavy (non-hydrogen) atoms. The lowest BCUT2D eigenvalue weighted by atomic mass is 10.1. The molecule has 1 unspecified atom stereocenters. The van der Waals surface area contributed by atoms with Crippen LogP contribution in [0.3, 0.4) is 0 Å². The Labute approximate surface area is 168 Å². The predicted molar refractivity (Wildman–Crippen MR) is 110 cm³/mol. The highest BCUT2D eigenvalue weighted by Crippen LogP contribution is 2.32. The van der Waals surface area contributed by atoms with Crippen molar-refractivity contribution in [3.05, 3.63) is 89.2 Å². The summed E-state index contributed by atoms with van der Waals surface area (Å²) in [7, 11) is 0. The fraction of sp³-hybridized carbons (Fsp3) is 0.130. The first kappa shape index (κ1) is 18.4. The van der Waals surface area contributed by atoms with Gasteiger partial charge in [-0.3, -0.25) is 9.59 Å². The van der Waals surface area contributed by atoms with Gasteiger partial charge in [0.1, 0.15) is 11.4 Å². The van der Waals surface area contributed by atoms with Gasteiger partial charge < -0.3 is 10.2 Å². The molecule has 2 aromatic carbocycles. The Morgan fingerprint density at radius 3 is 2.52 bits per heavy atom. The van der Waals surface area contributed by atoms with Crippen LogP contribution in [0.4, 0.5) is 11.4 Å². The standard InChI is InChI=1S/C23H18N4O2/c1-15-13-17-5-2-3-8-21(17)27(15)23(29)20-7-4-6-19(26-20)22(28)25-18-11-9-16(14-24)10-12-18/h2-12,15H,13H2,1H3,(H,25,28). The highest BCUT2D eigenvalue weighted by Gasteiger charge is 2.32. The van der Waals surface area contributed by atoms with Crippen molar-refractivity contribution in [3.63, 3.8) is 0 Å². The van der Waals surface area contributed by atoms with E-state index in [-0.39, 0.29) is 23.3 Å². The minimum absolute atomic E-state index is 0.0258. The molecule has 1 aromatic heterocycles. The SMILES string of the molecule is CC1Cc2ccccc2N1C(=O)c1cccc(C(=O)Nc2ccc(C#N)cc2)n1. The van der Waals surface area contributed by atoms with Crippen molar-refractivity contribution in [2.75, 3.05) is 10.2 Å². The number of fused-ring (bicyclic) bond motifs is 1. The maximum absolute atomic E-state index is 13.1. The Hall–Kier alpha value is -3.98. The number of nitriles is 1. The molecular formula is C23H18N4O2. The van der Waals surface area contributed by atoms with Crippen LogP contribution in [0.5, 0.6) is 0 Å². The van der Waals surface area contributed by atoms with E-state index in [1.165, 1.54) is 0 Å². The van der Waals surface area contributed by atoms with E-state index in [4.69, 9.17) is 5.26 Å². The zero-order valence-electron chi connectivity index (χ0n) is 15.8. The Morgan fingerprint density at radius 2 is 1.76 bits per heavy atom. The number of nitrogens with one attached hydrogen (secondary N) is 1. The van der Waals surface area contributed by atoms with Crippen molar-refractivity contribution in [2.45, 2.75) is 19.4 Å². The average molecular weight is 382 g/mol. The van der Waals surface area contributed by atoms with Gasteiger partial charge in [0, 0.05) is 17.4 Å². The number of hydrogen-bond acceptors (Lipinski definition) is 4. The van der Waals surface area contributed by atoms with E-state index in [0.29, 0.717) is 11.3 Å². The van der Waals surface area contributed by atoms with Crippen molar-refractivity contribution in [1.82, 2.24) is 4.98 Å². The van der Waals surface area contributed by atoms with Crippen LogP contribution in [0, 0.1) is 11.3 Å². The van der Waals surface area contributed by atoms with E-state index in [2.05, 4.69) is 10.3 Å². The number of benzene rings is 2. The van der Waals surface area contributed by atoms with Crippen LogP contribution in [-0.2, 0) is 6.42 Å². The lowest BCUT2D eigenvalue weighted by Crippen LogP contribution is -2.36. The third kappa shape index (κ3) is 3.58. The van der Waals surface area contributed by atoms with Crippen LogP contribution in [0.2, 0.25) is 0 Å². The zero-order chi connectivity index (χ0) is 20.4. The van der Waals surface area contributed by atoms with Crippen molar-refractivity contribution in [1.29, 1.82) is 5.26 Å². The first-order valence-corrected chi connectivity index (χ1v) is 9.27. The molecule has 4 rings (SSSR count). The second kappa shape index (κ2) is 7.56. The summed E-state index contributed by atoms with van der Waals surface area (Å²) in [6.07, 6.45) is 0.792. The number of rotatable bonds is 3. The molecule has 1 atom stereocenters. The lowest BCUT2D eigenvalue weighted by molar-refractivity contribution is 0.0976. The summed E-state index contributed by atoms with van der Waals surface area (Å²) in [5.74, 6) is -0.644. The second-order valence-electron chi connectivity index (χ2n) is 6.91. The summed E-state index contributed by atoms with van der Waals surface area (Å²) in [6, 6.07) is 21.3. The molecule has 6 heteroatoms. The molecule has 0 fully saturated rings. The maximum Gasteiger partial charge on any atom is 0.277 e. The molecule has 0 spiro atoms. The molecular weight excluding hydrogens is 364 g/mol. The highest BCUT2D eigenvalue weighted by molar-refractivity contribution is 6.08. The number of para-hydroxylation sites is 1. The van der Waals surface area contributed by atoms with E-state index in [0.717, 1.165) is 17.7 Å². The van der Waals surface area contributed by atoms with Gasteiger partial charge in [0.2, 0.25) is 0 Å². The molecule has 2 amide bonds. The van der Waals surface area contributed by atoms with Gasteiger partial charge >= 0.3 is 0 Å². The Morgan fingerprint density at radius 1 is 1.03 bits per heavy atom. The molecule has 142 valence electrons. The monoisotopic (exact) mass is 382 g/mol. The second-order valence-corrected chi connectivity index (χ2v) is 6.91. The maximum atomic E-state index is 13.1. The number of anilines is 2. The van der Waals surface area contributed by atoms with Gasteiger partial charge in [-0.15, -0.1) is 0 Å². The van der Waals surface area contributed by atoms with Gasteiger partial charge in [0.25, 0.3) is 11.8 Å². The van der Waals surface area contributed by atoms with Crippen LogP contribution in [0.25, 0.3) is 0 Å². The molecule has 3 aromatic rings. The Bertz CT molecular complexity index is 1130. The number of amides is 2. The van der Waals surface area contributed by atoms with Crippen molar-refractivity contribution < 1.29 is 9.59 Å². The summed E-state index contributed by atoms with van der Waals surface area (Å²) >= 11 is 0. The van der Waals surface area contributed by atoms with Crippen LogP contribution < -0.4 is 10.2 Å². The quantitative estimate of drug-likeness (QED) is 0.747. The molecule has 0 saturated carbocycles. The molecule has 1 aliphatic heterocycles. The molecule has 0 radical (unpaired) electrons. The first-order valence-electron chi connectivity index (χ1n) is 9.27. The molecule has 1 N–H and O–H groups in total.